The molecule has 0 aliphatic heterocycles. The van der Waals surface area contributed by atoms with Gasteiger partial charge in [-0.2, -0.15) is 5.26 Å². The number of rotatable bonds is 7. The summed E-state index contributed by atoms with van der Waals surface area (Å²) in [6.07, 6.45) is 3.21. The Labute approximate surface area is 109 Å². The van der Waals surface area contributed by atoms with Crippen LogP contribution in [-0.2, 0) is 0 Å². The molecule has 0 aliphatic carbocycles. The Balaban J connectivity index is 2.93. The summed E-state index contributed by atoms with van der Waals surface area (Å²) in [4.78, 5) is 6.66. The molecule has 4 nitrogen and oxygen atoms in total. The van der Waals surface area contributed by atoms with Crippen molar-refractivity contribution < 1.29 is 0 Å². The number of hydrogen-bond donors (Lipinski definition) is 1. The molecule has 1 rings (SSSR count). The average Bonchev–Trinajstić information content (AvgIpc) is 2.43. The molecule has 0 spiro atoms. The minimum absolute atomic E-state index is 0.0403. The molecule has 0 saturated carbocycles. The molecule has 0 amide bonds. The van der Waals surface area contributed by atoms with Gasteiger partial charge in [-0.1, -0.05) is 19.9 Å². The second-order valence-electron chi connectivity index (χ2n) is 4.31. The summed E-state index contributed by atoms with van der Waals surface area (Å²) >= 11 is 0. The van der Waals surface area contributed by atoms with E-state index < -0.39 is 0 Å². The third-order valence-corrected chi connectivity index (χ3v) is 3.18. The maximum Gasteiger partial charge on any atom is 0.0673 e. The first-order chi connectivity index (χ1) is 8.74. The van der Waals surface area contributed by atoms with Crippen LogP contribution in [0.1, 0.15) is 38.4 Å². The van der Waals surface area contributed by atoms with E-state index >= 15 is 0 Å². The van der Waals surface area contributed by atoms with E-state index in [1.54, 1.807) is 6.20 Å². The van der Waals surface area contributed by atoms with Crippen molar-refractivity contribution in [1.29, 1.82) is 5.26 Å². The molecule has 1 aromatic heterocycles. The first-order valence-electron chi connectivity index (χ1n) is 6.52. The van der Waals surface area contributed by atoms with Gasteiger partial charge in [0.2, 0.25) is 0 Å². The van der Waals surface area contributed by atoms with Crippen molar-refractivity contribution in [2.24, 2.45) is 5.73 Å². The van der Waals surface area contributed by atoms with Crippen molar-refractivity contribution in [3.8, 4) is 6.07 Å². The summed E-state index contributed by atoms with van der Waals surface area (Å²) in [6.45, 7) is 5.78. The van der Waals surface area contributed by atoms with Crippen molar-refractivity contribution >= 4 is 0 Å². The monoisotopic (exact) mass is 246 g/mol. The van der Waals surface area contributed by atoms with Crippen molar-refractivity contribution in [2.45, 2.75) is 38.8 Å². The normalized spacial score (nSPS) is 14.2. The van der Waals surface area contributed by atoms with Crippen LogP contribution in [0.5, 0.6) is 0 Å². The van der Waals surface area contributed by atoms with Gasteiger partial charge in [-0.25, -0.2) is 0 Å². The van der Waals surface area contributed by atoms with Crippen LogP contribution in [0.15, 0.2) is 24.4 Å². The fraction of sp³-hybridized carbons (Fsp3) is 0.571. The molecule has 98 valence electrons. The summed E-state index contributed by atoms with van der Waals surface area (Å²) in [5, 5.41) is 8.74. The van der Waals surface area contributed by atoms with Gasteiger partial charge in [0.1, 0.15) is 0 Å². The lowest BCUT2D eigenvalue weighted by atomic mass is 10.0. The molecule has 2 atom stereocenters. The van der Waals surface area contributed by atoms with Gasteiger partial charge in [0, 0.05) is 25.2 Å². The highest BCUT2D eigenvalue weighted by molar-refractivity contribution is 5.11. The molecule has 1 heterocycles. The maximum absolute atomic E-state index is 8.74. The zero-order chi connectivity index (χ0) is 13.4. The Kier molecular flexibility index (Phi) is 6.34. The maximum atomic E-state index is 8.74. The highest BCUT2D eigenvalue weighted by Crippen LogP contribution is 2.23. The van der Waals surface area contributed by atoms with Crippen LogP contribution in [0.2, 0.25) is 0 Å². The SMILES string of the molecule is CCC(N)C(c1ccccn1)N(CC)CCC#N. The van der Waals surface area contributed by atoms with E-state index in [0.717, 1.165) is 25.2 Å². The van der Waals surface area contributed by atoms with E-state index in [0.29, 0.717) is 6.42 Å². The molecule has 4 heteroatoms. The fourth-order valence-electron chi connectivity index (χ4n) is 2.14. The van der Waals surface area contributed by atoms with Crippen molar-refractivity contribution in [1.82, 2.24) is 9.88 Å². The van der Waals surface area contributed by atoms with Gasteiger partial charge in [0.25, 0.3) is 0 Å². The predicted octanol–water partition coefficient (Wildman–Crippen LogP) is 2.10. The molecule has 1 aromatic rings. The number of nitrogens with zero attached hydrogens (tertiary/aromatic N) is 3. The van der Waals surface area contributed by atoms with Crippen LogP contribution in [0, 0.1) is 11.3 Å². The van der Waals surface area contributed by atoms with Crippen LogP contribution in [0.25, 0.3) is 0 Å². The zero-order valence-electron chi connectivity index (χ0n) is 11.2. The topological polar surface area (TPSA) is 65.9 Å². The molecule has 0 aliphatic rings. The minimum Gasteiger partial charge on any atom is -0.326 e. The highest BCUT2D eigenvalue weighted by Gasteiger charge is 2.25. The number of likely N-dealkylation sites (N-methyl/N-ethyl adjacent to an activating group) is 1. The molecular weight excluding hydrogens is 224 g/mol. The van der Waals surface area contributed by atoms with Crippen LogP contribution >= 0.6 is 0 Å². The molecule has 0 aromatic carbocycles. The van der Waals surface area contributed by atoms with Crippen LogP contribution in [-0.4, -0.2) is 29.0 Å². The van der Waals surface area contributed by atoms with E-state index in [2.05, 4.69) is 29.8 Å². The van der Waals surface area contributed by atoms with Crippen LogP contribution in [0.4, 0.5) is 0 Å². The Morgan fingerprint density at radius 1 is 1.44 bits per heavy atom. The predicted molar refractivity (Wildman–Crippen MR) is 72.7 cm³/mol. The molecule has 0 saturated heterocycles. The molecular formula is C14H22N4. The van der Waals surface area contributed by atoms with Crippen LogP contribution in [0.3, 0.4) is 0 Å². The summed E-state index contributed by atoms with van der Waals surface area (Å²) in [6, 6.07) is 8.22. The van der Waals surface area contributed by atoms with Crippen LogP contribution < -0.4 is 5.73 Å². The molecule has 0 fully saturated rings. The Bertz CT molecular complexity index is 371. The second kappa shape index (κ2) is 7.80. The molecule has 18 heavy (non-hydrogen) atoms. The number of pyridine rings is 1. The lowest BCUT2D eigenvalue weighted by Gasteiger charge is -2.33. The quantitative estimate of drug-likeness (QED) is 0.800. The number of nitriles is 1. The lowest BCUT2D eigenvalue weighted by Crippen LogP contribution is -2.41. The first-order valence-corrected chi connectivity index (χ1v) is 6.52. The highest BCUT2D eigenvalue weighted by atomic mass is 15.2. The van der Waals surface area contributed by atoms with Gasteiger partial charge < -0.3 is 5.73 Å². The minimum atomic E-state index is 0.0403. The first kappa shape index (κ1) is 14.6. The number of nitrogens with two attached hydrogens (primary N) is 1. The summed E-state index contributed by atoms with van der Waals surface area (Å²) in [5.74, 6) is 0. The average molecular weight is 246 g/mol. The van der Waals surface area contributed by atoms with Gasteiger partial charge in [0.15, 0.2) is 0 Å². The number of hydrogen-bond acceptors (Lipinski definition) is 4. The lowest BCUT2D eigenvalue weighted by molar-refractivity contribution is 0.178. The largest absolute Gasteiger partial charge is 0.326 e. The summed E-state index contributed by atoms with van der Waals surface area (Å²) < 4.78 is 0. The number of aromatic nitrogens is 1. The van der Waals surface area contributed by atoms with E-state index in [9.17, 15) is 0 Å². The summed E-state index contributed by atoms with van der Waals surface area (Å²) in [5.41, 5.74) is 7.23. The van der Waals surface area contributed by atoms with E-state index in [-0.39, 0.29) is 12.1 Å². The molecule has 0 radical (unpaired) electrons. The molecule has 2 unspecified atom stereocenters. The standard InChI is InChI=1S/C14H22N4/c1-3-12(16)14(13-8-5-6-10-17-13)18(4-2)11-7-9-15/h5-6,8,10,12,14H,3-4,7,11,16H2,1-2H3. The van der Waals surface area contributed by atoms with E-state index in [1.165, 1.54) is 0 Å². The van der Waals surface area contributed by atoms with E-state index in [1.807, 2.05) is 18.2 Å². The van der Waals surface area contributed by atoms with Gasteiger partial charge in [0.05, 0.1) is 17.8 Å². The molecule has 2 N–H and O–H groups in total. The van der Waals surface area contributed by atoms with Crippen molar-refractivity contribution in [2.75, 3.05) is 13.1 Å². The Morgan fingerprint density at radius 3 is 2.72 bits per heavy atom. The van der Waals surface area contributed by atoms with Crippen molar-refractivity contribution in [3.05, 3.63) is 30.1 Å². The zero-order valence-corrected chi connectivity index (χ0v) is 11.2. The van der Waals surface area contributed by atoms with Gasteiger partial charge in [-0.15, -0.1) is 0 Å². The van der Waals surface area contributed by atoms with Gasteiger partial charge >= 0.3 is 0 Å². The smallest absolute Gasteiger partial charge is 0.0673 e. The van der Waals surface area contributed by atoms with Crippen molar-refractivity contribution in [3.63, 3.8) is 0 Å². The third kappa shape index (κ3) is 3.80. The van der Waals surface area contributed by atoms with E-state index in [4.69, 9.17) is 11.0 Å². The Hall–Kier alpha value is -1.44. The third-order valence-electron chi connectivity index (χ3n) is 3.18. The fourth-order valence-corrected chi connectivity index (χ4v) is 2.14. The summed E-state index contributed by atoms with van der Waals surface area (Å²) in [7, 11) is 0. The van der Waals surface area contributed by atoms with Gasteiger partial charge in [-0.3, -0.25) is 9.88 Å². The van der Waals surface area contributed by atoms with Gasteiger partial charge in [-0.05, 0) is 25.1 Å². The Morgan fingerprint density at radius 2 is 2.22 bits per heavy atom. The molecule has 0 bridgehead atoms. The second-order valence-corrected chi connectivity index (χ2v) is 4.31.